The van der Waals surface area contributed by atoms with E-state index in [9.17, 15) is 0 Å². The van der Waals surface area contributed by atoms with Gasteiger partial charge in [0.2, 0.25) is 0 Å². The summed E-state index contributed by atoms with van der Waals surface area (Å²) in [5, 5.41) is 9.09. The van der Waals surface area contributed by atoms with Crippen molar-refractivity contribution >= 4 is 0 Å². The van der Waals surface area contributed by atoms with Crippen LogP contribution in [0.5, 0.6) is 11.5 Å². The molecule has 0 amide bonds. The summed E-state index contributed by atoms with van der Waals surface area (Å²) in [5.74, 6) is 3.58. The zero-order valence-electron chi connectivity index (χ0n) is 14.3. The summed E-state index contributed by atoms with van der Waals surface area (Å²) in [7, 11) is 1.71. The van der Waals surface area contributed by atoms with Crippen molar-refractivity contribution in [2.24, 2.45) is 11.8 Å². The maximum absolute atomic E-state index is 9.09. The molecule has 4 rings (SSSR count). The van der Waals surface area contributed by atoms with E-state index in [1.165, 1.54) is 24.8 Å². The molecule has 3 aliphatic carbocycles. The second-order valence-corrected chi connectivity index (χ2v) is 7.53. The fourth-order valence-corrected chi connectivity index (χ4v) is 4.79. The van der Waals surface area contributed by atoms with Crippen LogP contribution in [0.4, 0.5) is 0 Å². The lowest BCUT2D eigenvalue weighted by Crippen LogP contribution is -2.12. The lowest BCUT2D eigenvalue weighted by Gasteiger charge is -2.19. The Labute approximate surface area is 144 Å². The molecule has 126 valence electrons. The zero-order chi connectivity index (χ0) is 16.5. The molecular formula is C21H25NO2. The smallest absolute Gasteiger partial charge is 0.161 e. The van der Waals surface area contributed by atoms with E-state index in [1.54, 1.807) is 7.11 Å². The number of ether oxygens (including phenoxy) is 2. The first-order valence-electron chi connectivity index (χ1n) is 9.22. The van der Waals surface area contributed by atoms with Gasteiger partial charge >= 0.3 is 0 Å². The molecular weight excluding hydrogens is 298 g/mol. The summed E-state index contributed by atoms with van der Waals surface area (Å²) in [6.07, 6.45) is 10.7. The van der Waals surface area contributed by atoms with Gasteiger partial charge in [0, 0.05) is 5.57 Å². The Kier molecular flexibility index (Phi) is 4.22. The van der Waals surface area contributed by atoms with Gasteiger partial charge in [-0.15, -0.1) is 0 Å². The molecule has 3 aliphatic rings. The van der Waals surface area contributed by atoms with Gasteiger partial charge in [0.25, 0.3) is 0 Å². The lowest BCUT2D eigenvalue weighted by atomic mass is 9.94. The maximum atomic E-state index is 9.09. The van der Waals surface area contributed by atoms with Gasteiger partial charge in [0.15, 0.2) is 11.5 Å². The number of rotatable bonds is 4. The first kappa shape index (κ1) is 15.6. The molecule has 0 unspecified atom stereocenters. The van der Waals surface area contributed by atoms with Crippen molar-refractivity contribution in [2.75, 3.05) is 7.11 Å². The van der Waals surface area contributed by atoms with Crippen molar-refractivity contribution in [2.45, 2.75) is 57.0 Å². The van der Waals surface area contributed by atoms with Crippen LogP contribution in [0.2, 0.25) is 0 Å². The predicted octanol–water partition coefficient (Wildman–Crippen LogP) is 4.98. The predicted molar refractivity (Wildman–Crippen MR) is 93.1 cm³/mol. The number of hydrogen-bond acceptors (Lipinski definition) is 3. The van der Waals surface area contributed by atoms with Gasteiger partial charge < -0.3 is 9.47 Å². The molecule has 0 aliphatic heterocycles. The monoisotopic (exact) mass is 323 g/mol. The standard InChI is InChI=1S/C21H25NO2/c1-23-20-7-6-15(12-21(20)24-19-4-2-3-5-19)18-10-16-8-14(13-22)9-17(16)11-18/h6-8,12,16-19H,2-5,9-11H2,1H3/t16-,17+,18+/m1/s1. The van der Waals surface area contributed by atoms with Crippen molar-refractivity contribution in [1.82, 2.24) is 0 Å². The van der Waals surface area contributed by atoms with Crippen LogP contribution in [0.1, 0.15) is 56.4 Å². The van der Waals surface area contributed by atoms with Crippen LogP contribution in [0, 0.1) is 23.2 Å². The molecule has 0 heterocycles. The number of methoxy groups -OCH3 is 1. The molecule has 3 heteroatoms. The first-order valence-corrected chi connectivity index (χ1v) is 9.22. The number of nitriles is 1. The van der Waals surface area contributed by atoms with E-state index in [-0.39, 0.29) is 0 Å². The third-order valence-electron chi connectivity index (χ3n) is 6.05. The Hall–Kier alpha value is -1.95. The van der Waals surface area contributed by atoms with Gasteiger partial charge in [-0.05, 0) is 80.4 Å². The molecule has 1 aromatic rings. The molecule has 0 bridgehead atoms. The average Bonchev–Trinajstić information content (AvgIpc) is 3.30. The van der Waals surface area contributed by atoms with E-state index in [4.69, 9.17) is 14.7 Å². The highest BCUT2D eigenvalue weighted by atomic mass is 16.5. The van der Waals surface area contributed by atoms with Crippen molar-refractivity contribution in [3.8, 4) is 17.6 Å². The van der Waals surface area contributed by atoms with Crippen molar-refractivity contribution < 1.29 is 9.47 Å². The van der Waals surface area contributed by atoms with Crippen molar-refractivity contribution in [3.63, 3.8) is 0 Å². The summed E-state index contributed by atoms with van der Waals surface area (Å²) in [6.45, 7) is 0. The summed E-state index contributed by atoms with van der Waals surface area (Å²) < 4.78 is 11.8. The number of nitrogens with zero attached hydrogens (tertiary/aromatic N) is 1. The Morgan fingerprint density at radius 1 is 1.12 bits per heavy atom. The Morgan fingerprint density at radius 2 is 1.96 bits per heavy atom. The van der Waals surface area contributed by atoms with Crippen LogP contribution in [0.15, 0.2) is 29.8 Å². The number of allylic oxidation sites excluding steroid dienone is 2. The number of fused-ring (bicyclic) bond motifs is 1. The fourth-order valence-electron chi connectivity index (χ4n) is 4.79. The highest BCUT2D eigenvalue weighted by Gasteiger charge is 2.38. The van der Waals surface area contributed by atoms with Crippen LogP contribution in [-0.4, -0.2) is 13.2 Å². The lowest BCUT2D eigenvalue weighted by molar-refractivity contribution is 0.200. The molecule has 24 heavy (non-hydrogen) atoms. The SMILES string of the molecule is COc1ccc([C@@H]2C[C@@H]3CC(C#N)=C[C@@H]3C2)cc1OC1CCCC1. The summed E-state index contributed by atoms with van der Waals surface area (Å²) >= 11 is 0. The van der Waals surface area contributed by atoms with Crippen LogP contribution < -0.4 is 9.47 Å². The molecule has 1 aromatic carbocycles. The third kappa shape index (κ3) is 2.90. The summed E-state index contributed by atoms with van der Waals surface area (Å²) in [4.78, 5) is 0. The molecule has 0 radical (unpaired) electrons. The summed E-state index contributed by atoms with van der Waals surface area (Å²) in [6, 6.07) is 8.80. The third-order valence-corrected chi connectivity index (χ3v) is 6.05. The van der Waals surface area contributed by atoms with E-state index in [0.717, 1.165) is 42.8 Å². The second kappa shape index (κ2) is 6.51. The molecule has 2 saturated carbocycles. The van der Waals surface area contributed by atoms with Crippen LogP contribution in [-0.2, 0) is 0 Å². The highest BCUT2D eigenvalue weighted by Crippen LogP contribution is 2.50. The van der Waals surface area contributed by atoms with E-state index in [2.05, 4.69) is 30.3 Å². The van der Waals surface area contributed by atoms with Crippen LogP contribution in [0.3, 0.4) is 0 Å². The largest absolute Gasteiger partial charge is 0.493 e. The minimum absolute atomic E-state index is 0.346. The number of benzene rings is 1. The molecule has 0 aromatic heterocycles. The van der Waals surface area contributed by atoms with Gasteiger partial charge in [-0.2, -0.15) is 5.26 Å². The zero-order valence-corrected chi connectivity index (χ0v) is 14.3. The number of hydrogen-bond donors (Lipinski definition) is 0. The van der Waals surface area contributed by atoms with E-state index in [1.807, 2.05) is 0 Å². The van der Waals surface area contributed by atoms with Gasteiger partial charge in [0.05, 0.1) is 19.3 Å². The molecule has 2 fully saturated rings. The fraction of sp³-hybridized carbons (Fsp3) is 0.571. The van der Waals surface area contributed by atoms with Gasteiger partial charge in [-0.1, -0.05) is 12.1 Å². The van der Waals surface area contributed by atoms with Crippen LogP contribution >= 0.6 is 0 Å². The van der Waals surface area contributed by atoms with E-state index >= 15 is 0 Å². The van der Waals surface area contributed by atoms with Crippen LogP contribution in [0.25, 0.3) is 0 Å². The molecule has 3 atom stereocenters. The van der Waals surface area contributed by atoms with Gasteiger partial charge in [0.1, 0.15) is 0 Å². The average molecular weight is 323 g/mol. The first-order chi connectivity index (χ1) is 11.8. The maximum Gasteiger partial charge on any atom is 0.161 e. The van der Waals surface area contributed by atoms with E-state index in [0.29, 0.717) is 23.9 Å². The topological polar surface area (TPSA) is 42.2 Å². The normalized spacial score (nSPS) is 29.2. The Balaban J connectivity index is 1.52. The highest BCUT2D eigenvalue weighted by molar-refractivity contribution is 5.45. The Bertz CT molecular complexity index is 682. The Morgan fingerprint density at radius 3 is 2.67 bits per heavy atom. The van der Waals surface area contributed by atoms with E-state index < -0.39 is 0 Å². The minimum atomic E-state index is 0.346. The minimum Gasteiger partial charge on any atom is -0.493 e. The molecule has 0 saturated heterocycles. The molecule has 0 spiro atoms. The summed E-state index contributed by atoms with van der Waals surface area (Å²) in [5.41, 5.74) is 2.36. The van der Waals surface area contributed by atoms with Gasteiger partial charge in [-0.25, -0.2) is 0 Å². The quantitative estimate of drug-likeness (QED) is 0.784. The molecule has 0 N–H and O–H groups in total. The van der Waals surface area contributed by atoms with Crippen molar-refractivity contribution in [3.05, 3.63) is 35.4 Å². The second-order valence-electron chi connectivity index (χ2n) is 7.53. The van der Waals surface area contributed by atoms with Crippen molar-refractivity contribution in [1.29, 1.82) is 5.26 Å². The van der Waals surface area contributed by atoms with Gasteiger partial charge in [-0.3, -0.25) is 0 Å². The molecule has 3 nitrogen and oxygen atoms in total.